The predicted octanol–water partition coefficient (Wildman–Crippen LogP) is 3.41. The number of rotatable bonds is 5. The molecule has 6 heteroatoms. The van der Waals surface area contributed by atoms with Crippen LogP contribution in [0.25, 0.3) is 0 Å². The number of hydrazone groups is 1. The number of nitrogens with zero attached hydrogens (tertiary/aromatic N) is 2. The van der Waals surface area contributed by atoms with Gasteiger partial charge in [0.25, 0.3) is 0 Å². The SMILES string of the molecule is N=N/C(=N\N)[C@H]1C[C@@H]1C(=O)c1ccc(CC2CC2)c(Cl)c1. The summed E-state index contributed by atoms with van der Waals surface area (Å²) in [4.78, 5) is 12.4. The molecule has 0 unspecified atom stereocenters. The first-order valence-corrected chi connectivity index (χ1v) is 7.49. The van der Waals surface area contributed by atoms with Gasteiger partial charge in [0.05, 0.1) is 0 Å². The number of nitrogens with one attached hydrogen (secondary N) is 1. The molecule has 5 nitrogen and oxygen atoms in total. The third-order valence-electron chi connectivity index (χ3n) is 4.25. The monoisotopic (exact) mass is 304 g/mol. The molecule has 2 saturated carbocycles. The maximum atomic E-state index is 12.4. The summed E-state index contributed by atoms with van der Waals surface area (Å²) in [6.07, 6.45) is 4.21. The fourth-order valence-electron chi connectivity index (χ4n) is 2.69. The Bertz CT molecular complexity index is 624. The van der Waals surface area contributed by atoms with Crippen molar-refractivity contribution in [3.8, 4) is 0 Å². The zero-order valence-corrected chi connectivity index (χ0v) is 12.3. The van der Waals surface area contributed by atoms with Crippen LogP contribution in [0.15, 0.2) is 28.4 Å². The molecule has 110 valence electrons. The van der Waals surface area contributed by atoms with Gasteiger partial charge in [-0.15, -0.1) is 5.11 Å². The van der Waals surface area contributed by atoms with Crippen molar-refractivity contribution >= 4 is 23.2 Å². The smallest absolute Gasteiger partial charge is 0.173 e. The predicted molar refractivity (Wildman–Crippen MR) is 80.6 cm³/mol. The Hall–Kier alpha value is -1.75. The van der Waals surface area contributed by atoms with Crippen LogP contribution in [-0.4, -0.2) is 11.6 Å². The highest BCUT2D eigenvalue weighted by atomic mass is 35.5. The van der Waals surface area contributed by atoms with Crippen LogP contribution in [0.4, 0.5) is 0 Å². The molecule has 2 atom stereocenters. The Balaban J connectivity index is 1.71. The number of hydrogen-bond acceptors (Lipinski definition) is 4. The summed E-state index contributed by atoms with van der Waals surface area (Å²) in [6.45, 7) is 0. The number of nitrogens with two attached hydrogens (primary N) is 1. The van der Waals surface area contributed by atoms with Crippen LogP contribution in [0.3, 0.4) is 0 Å². The van der Waals surface area contributed by atoms with Gasteiger partial charge in [-0.3, -0.25) is 4.79 Å². The molecule has 1 aromatic carbocycles. The number of amidine groups is 1. The fourth-order valence-corrected chi connectivity index (χ4v) is 2.95. The van der Waals surface area contributed by atoms with Crippen LogP contribution in [0.2, 0.25) is 5.02 Å². The van der Waals surface area contributed by atoms with E-state index in [0.717, 1.165) is 17.9 Å². The zero-order valence-electron chi connectivity index (χ0n) is 11.6. The van der Waals surface area contributed by atoms with Gasteiger partial charge in [-0.25, -0.2) is 5.53 Å². The molecule has 0 radical (unpaired) electrons. The molecule has 2 fully saturated rings. The van der Waals surface area contributed by atoms with Gasteiger partial charge in [0.1, 0.15) is 0 Å². The Morgan fingerprint density at radius 1 is 1.38 bits per heavy atom. The van der Waals surface area contributed by atoms with Crippen molar-refractivity contribution in [3.63, 3.8) is 0 Å². The average molecular weight is 305 g/mol. The van der Waals surface area contributed by atoms with Gasteiger partial charge in [-0.2, -0.15) is 5.10 Å². The molecule has 0 spiro atoms. The van der Waals surface area contributed by atoms with Crippen LogP contribution in [0, 0.1) is 23.3 Å². The maximum absolute atomic E-state index is 12.4. The summed E-state index contributed by atoms with van der Waals surface area (Å²) in [5.41, 5.74) is 8.72. The molecule has 3 rings (SSSR count). The summed E-state index contributed by atoms with van der Waals surface area (Å²) in [6, 6.07) is 5.56. The Morgan fingerprint density at radius 3 is 2.71 bits per heavy atom. The number of carbonyl (C=O) groups excluding carboxylic acids is 1. The van der Waals surface area contributed by atoms with Gasteiger partial charge in [-0.1, -0.05) is 23.7 Å². The molecule has 0 saturated heterocycles. The van der Waals surface area contributed by atoms with Crippen molar-refractivity contribution in [3.05, 3.63) is 34.3 Å². The molecule has 0 bridgehead atoms. The third kappa shape index (κ3) is 2.97. The van der Waals surface area contributed by atoms with E-state index < -0.39 is 0 Å². The number of ketones is 1. The quantitative estimate of drug-likeness (QED) is 0.218. The Labute approximate surface area is 128 Å². The normalized spacial score (nSPS) is 24.7. The summed E-state index contributed by atoms with van der Waals surface area (Å²) in [5.74, 6) is 5.90. The highest BCUT2D eigenvalue weighted by Crippen LogP contribution is 2.43. The number of hydrogen-bond donors (Lipinski definition) is 2. The lowest BCUT2D eigenvalue weighted by Gasteiger charge is -2.06. The summed E-state index contributed by atoms with van der Waals surface area (Å²) in [5, 5.41) is 7.38. The van der Waals surface area contributed by atoms with E-state index >= 15 is 0 Å². The molecule has 0 aliphatic heterocycles. The minimum absolute atomic E-state index is 0.0321. The van der Waals surface area contributed by atoms with Gasteiger partial charge in [0.15, 0.2) is 11.6 Å². The molecule has 1 aromatic rings. The first-order chi connectivity index (χ1) is 10.1. The van der Waals surface area contributed by atoms with E-state index in [2.05, 4.69) is 10.2 Å². The van der Waals surface area contributed by atoms with E-state index in [-0.39, 0.29) is 23.5 Å². The lowest BCUT2D eigenvalue weighted by molar-refractivity contribution is 0.0964. The van der Waals surface area contributed by atoms with Crippen LogP contribution in [-0.2, 0) is 6.42 Å². The molecule has 2 aliphatic carbocycles. The number of halogens is 1. The van der Waals surface area contributed by atoms with Crippen molar-refractivity contribution < 1.29 is 4.79 Å². The van der Waals surface area contributed by atoms with E-state index in [9.17, 15) is 4.79 Å². The second-order valence-corrected chi connectivity index (χ2v) is 6.27. The molecule has 21 heavy (non-hydrogen) atoms. The second-order valence-electron chi connectivity index (χ2n) is 5.87. The van der Waals surface area contributed by atoms with E-state index in [4.69, 9.17) is 23.0 Å². The lowest BCUT2D eigenvalue weighted by atomic mass is 10.0. The van der Waals surface area contributed by atoms with Crippen LogP contribution in [0.1, 0.15) is 35.2 Å². The molecule has 0 aromatic heterocycles. The van der Waals surface area contributed by atoms with Crippen LogP contribution >= 0.6 is 11.6 Å². The topological polar surface area (TPSA) is 91.7 Å². The number of carbonyl (C=O) groups is 1. The van der Waals surface area contributed by atoms with Gasteiger partial charge in [0.2, 0.25) is 0 Å². The Morgan fingerprint density at radius 2 is 2.14 bits per heavy atom. The third-order valence-corrected chi connectivity index (χ3v) is 4.60. The summed E-state index contributed by atoms with van der Waals surface area (Å²) in [7, 11) is 0. The molecule has 0 heterocycles. The van der Waals surface area contributed by atoms with Gasteiger partial charge >= 0.3 is 0 Å². The van der Waals surface area contributed by atoms with Gasteiger partial charge < -0.3 is 5.84 Å². The average Bonchev–Trinajstić information content (AvgIpc) is 3.36. The molecular formula is C15H17ClN4O. The van der Waals surface area contributed by atoms with E-state index in [0.29, 0.717) is 17.0 Å². The van der Waals surface area contributed by atoms with E-state index in [1.54, 1.807) is 6.07 Å². The largest absolute Gasteiger partial charge is 0.321 e. The number of Topliss-reactive ketones (excluding diaryl/α,β-unsaturated/α-hetero) is 1. The van der Waals surface area contributed by atoms with Crippen molar-refractivity contribution in [1.82, 2.24) is 0 Å². The first kappa shape index (κ1) is 14.2. The van der Waals surface area contributed by atoms with E-state index in [1.165, 1.54) is 12.8 Å². The minimum Gasteiger partial charge on any atom is -0.321 e. The zero-order chi connectivity index (χ0) is 15.0. The second kappa shape index (κ2) is 5.56. The first-order valence-electron chi connectivity index (χ1n) is 7.12. The maximum Gasteiger partial charge on any atom is 0.173 e. The summed E-state index contributed by atoms with van der Waals surface area (Å²) >= 11 is 6.28. The van der Waals surface area contributed by atoms with Crippen molar-refractivity contribution in [2.45, 2.75) is 25.7 Å². The molecule has 2 aliphatic rings. The Kier molecular flexibility index (Phi) is 3.76. The number of benzene rings is 1. The van der Waals surface area contributed by atoms with Crippen LogP contribution in [0.5, 0.6) is 0 Å². The molecule has 3 N–H and O–H groups in total. The van der Waals surface area contributed by atoms with Gasteiger partial charge in [0, 0.05) is 22.4 Å². The lowest BCUT2D eigenvalue weighted by Crippen LogP contribution is -2.09. The van der Waals surface area contributed by atoms with E-state index in [1.807, 2.05) is 12.1 Å². The fraction of sp³-hybridized carbons (Fsp3) is 0.467. The van der Waals surface area contributed by atoms with Crippen molar-refractivity contribution in [2.24, 2.45) is 33.8 Å². The highest BCUT2D eigenvalue weighted by molar-refractivity contribution is 6.31. The van der Waals surface area contributed by atoms with Crippen LogP contribution < -0.4 is 5.84 Å². The summed E-state index contributed by atoms with van der Waals surface area (Å²) < 4.78 is 0. The standard InChI is InChI=1S/C15H17ClN4O/c16-13-6-10(4-3-9(13)5-8-1-2-8)14(21)11-7-12(11)15(19-17)20-18/h3-4,6,8,11-12,17H,1-2,5,7,18H2/b19-17?,20-15-/t11-,12-/m0/s1. The van der Waals surface area contributed by atoms with Crippen molar-refractivity contribution in [2.75, 3.05) is 0 Å². The minimum atomic E-state index is -0.174. The van der Waals surface area contributed by atoms with Crippen molar-refractivity contribution in [1.29, 1.82) is 5.53 Å². The molecular weight excluding hydrogens is 288 g/mol. The highest BCUT2D eigenvalue weighted by Gasteiger charge is 2.47. The van der Waals surface area contributed by atoms with Gasteiger partial charge in [-0.05, 0) is 43.2 Å². The molecule has 0 amide bonds.